The van der Waals surface area contributed by atoms with E-state index in [1.165, 1.54) is 0 Å². The molecule has 0 radical (unpaired) electrons. The Labute approximate surface area is 125 Å². The number of aliphatic hydroxyl groups is 1. The minimum absolute atomic E-state index is 0.256. The summed E-state index contributed by atoms with van der Waals surface area (Å²) in [5.74, 6) is 1.61. The van der Waals surface area contributed by atoms with Crippen LogP contribution in [0.4, 0.5) is 0 Å². The topological polar surface area (TPSA) is 38.7 Å². The molecule has 3 nitrogen and oxygen atoms in total. The molecule has 0 amide bonds. The molecule has 0 aliphatic carbocycles. The second-order valence-electron chi connectivity index (χ2n) is 5.30. The lowest BCUT2D eigenvalue weighted by Gasteiger charge is -2.21. The number of fused-ring (bicyclic) bond motifs is 1. The molecule has 2 atom stereocenters. The van der Waals surface area contributed by atoms with Gasteiger partial charge in [-0.3, -0.25) is 0 Å². The monoisotopic (exact) mass is 284 g/mol. The van der Waals surface area contributed by atoms with E-state index in [0.29, 0.717) is 6.61 Å². The highest BCUT2D eigenvalue weighted by atomic mass is 16.5. The second kappa shape index (κ2) is 6.19. The standard InChI is InChI=1S/C18H20O3/c1-2-11-20-16-10-6-4-8-14(16)18(19)17-12-13-7-3-5-9-15(13)21-17/h3-10,17-19H,2,11-12H2,1H3. The quantitative estimate of drug-likeness (QED) is 0.913. The Kier molecular flexibility index (Phi) is 4.11. The second-order valence-corrected chi connectivity index (χ2v) is 5.30. The summed E-state index contributed by atoms with van der Waals surface area (Å²) in [6, 6.07) is 15.6. The Morgan fingerprint density at radius 3 is 2.76 bits per heavy atom. The third kappa shape index (κ3) is 2.88. The summed E-state index contributed by atoms with van der Waals surface area (Å²) in [4.78, 5) is 0. The summed E-state index contributed by atoms with van der Waals surface area (Å²) in [5, 5.41) is 10.7. The zero-order valence-electron chi connectivity index (χ0n) is 12.2. The first-order chi connectivity index (χ1) is 10.3. The number of hydrogen-bond acceptors (Lipinski definition) is 3. The van der Waals surface area contributed by atoms with E-state index in [0.717, 1.165) is 35.5 Å². The minimum atomic E-state index is -0.689. The van der Waals surface area contributed by atoms with E-state index < -0.39 is 6.10 Å². The van der Waals surface area contributed by atoms with Gasteiger partial charge in [0.25, 0.3) is 0 Å². The molecule has 1 aliphatic heterocycles. The molecule has 2 aromatic rings. The Bertz CT molecular complexity index is 584. The van der Waals surface area contributed by atoms with Gasteiger partial charge in [0, 0.05) is 12.0 Å². The van der Waals surface area contributed by atoms with Gasteiger partial charge in [-0.2, -0.15) is 0 Å². The fourth-order valence-corrected chi connectivity index (χ4v) is 2.65. The van der Waals surface area contributed by atoms with Crippen LogP contribution in [0, 0.1) is 0 Å². The Morgan fingerprint density at radius 1 is 1.19 bits per heavy atom. The first-order valence-corrected chi connectivity index (χ1v) is 7.44. The van der Waals surface area contributed by atoms with Gasteiger partial charge in [0.15, 0.2) is 0 Å². The fraction of sp³-hybridized carbons (Fsp3) is 0.333. The lowest BCUT2D eigenvalue weighted by Crippen LogP contribution is -2.23. The maximum absolute atomic E-state index is 10.7. The maximum Gasteiger partial charge on any atom is 0.133 e. The molecule has 0 fully saturated rings. The average Bonchev–Trinajstić information content (AvgIpc) is 2.96. The van der Waals surface area contributed by atoms with Gasteiger partial charge >= 0.3 is 0 Å². The van der Waals surface area contributed by atoms with Gasteiger partial charge < -0.3 is 14.6 Å². The minimum Gasteiger partial charge on any atom is -0.493 e. The SMILES string of the molecule is CCCOc1ccccc1C(O)C1Cc2ccccc2O1. The highest BCUT2D eigenvalue weighted by Crippen LogP contribution is 2.36. The van der Waals surface area contributed by atoms with E-state index in [-0.39, 0.29) is 6.10 Å². The number of rotatable bonds is 5. The molecule has 21 heavy (non-hydrogen) atoms. The van der Waals surface area contributed by atoms with Crippen LogP contribution in [0.1, 0.15) is 30.6 Å². The fourth-order valence-electron chi connectivity index (χ4n) is 2.65. The van der Waals surface area contributed by atoms with Crippen molar-refractivity contribution in [1.82, 2.24) is 0 Å². The maximum atomic E-state index is 10.7. The van der Waals surface area contributed by atoms with Gasteiger partial charge in [0.05, 0.1) is 6.61 Å². The third-order valence-corrected chi connectivity index (χ3v) is 3.72. The van der Waals surface area contributed by atoms with Gasteiger partial charge in [0.2, 0.25) is 0 Å². The van der Waals surface area contributed by atoms with Crippen LogP contribution < -0.4 is 9.47 Å². The molecule has 0 saturated carbocycles. The van der Waals surface area contributed by atoms with Crippen molar-refractivity contribution in [2.75, 3.05) is 6.61 Å². The van der Waals surface area contributed by atoms with Gasteiger partial charge in [-0.15, -0.1) is 0 Å². The smallest absolute Gasteiger partial charge is 0.133 e. The summed E-state index contributed by atoms with van der Waals surface area (Å²) >= 11 is 0. The Hall–Kier alpha value is -2.00. The zero-order chi connectivity index (χ0) is 14.7. The van der Waals surface area contributed by atoms with Gasteiger partial charge in [-0.25, -0.2) is 0 Å². The summed E-state index contributed by atoms with van der Waals surface area (Å²) in [5.41, 5.74) is 1.94. The van der Waals surface area contributed by atoms with Crippen LogP contribution in [0.5, 0.6) is 11.5 Å². The molecule has 3 heteroatoms. The molecule has 2 unspecified atom stereocenters. The molecule has 0 bridgehead atoms. The molecule has 0 aromatic heterocycles. The summed E-state index contributed by atoms with van der Waals surface area (Å²) in [7, 11) is 0. The average molecular weight is 284 g/mol. The van der Waals surface area contributed by atoms with Crippen LogP contribution in [0.3, 0.4) is 0 Å². The van der Waals surface area contributed by atoms with E-state index in [9.17, 15) is 5.11 Å². The van der Waals surface area contributed by atoms with Crippen molar-refractivity contribution in [3.63, 3.8) is 0 Å². The van der Waals surface area contributed by atoms with E-state index in [1.54, 1.807) is 0 Å². The van der Waals surface area contributed by atoms with Crippen molar-refractivity contribution in [3.8, 4) is 11.5 Å². The molecule has 110 valence electrons. The number of aliphatic hydroxyl groups excluding tert-OH is 1. The number of hydrogen-bond donors (Lipinski definition) is 1. The largest absolute Gasteiger partial charge is 0.493 e. The van der Waals surface area contributed by atoms with E-state index in [4.69, 9.17) is 9.47 Å². The van der Waals surface area contributed by atoms with Crippen molar-refractivity contribution in [2.45, 2.75) is 32.0 Å². The van der Waals surface area contributed by atoms with Crippen LogP contribution >= 0.6 is 0 Å². The lowest BCUT2D eigenvalue weighted by atomic mass is 9.99. The molecule has 1 N–H and O–H groups in total. The van der Waals surface area contributed by atoms with E-state index >= 15 is 0 Å². The first kappa shape index (κ1) is 14.0. The predicted octanol–water partition coefficient (Wildman–Crippen LogP) is 3.51. The van der Waals surface area contributed by atoms with Crippen molar-refractivity contribution < 1.29 is 14.6 Å². The van der Waals surface area contributed by atoms with E-state index in [1.807, 2.05) is 48.5 Å². The molecule has 3 rings (SSSR count). The third-order valence-electron chi connectivity index (χ3n) is 3.72. The predicted molar refractivity (Wildman–Crippen MR) is 81.7 cm³/mol. The summed E-state index contributed by atoms with van der Waals surface area (Å²) in [6.45, 7) is 2.71. The highest BCUT2D eigenvalue weighted by molar-refractivity contribution is 5.40. The van der Waals surface area contributed by atoms with Gasteiger partial charge in [-0.1, -0.05) is 43.3 Å². The van der Waals surface area contributed by atoms with Crippen molar-refractivity contribution >= 4 is 0 Å². The molecular weight excluding hydrogens is 264 g/mol. The molecule has 1 aliphatic rings. The molecule has 0 saturated heterocycles. The van der Waals surface area contributed by atoms with Gasteiger partial charge in [-0.05, 0) is 24.1 Å². The molecular formula is C18H20O3. The zero-order valence-corrected chi connectivity index (χ0v) is 12.2. The Balaban J connectivity index is 1.79. The number of benzene rings is 2. The van der Waals surface area contributed by atoms with Crippen LogP contribution in [-0.2, 0) is 6.42 Å². The van der Waals surface area contributed by atoms with Crippen molar-refractivity contribution in [2.24, 2.45) is 0 Å². The van der Waals surface area contributed by atoms with Crippen LogP contribution in [0.2, 0.25) is 0 Å². The van der Waals surface area contributed by atoms with Gasteiger partial charge in [0.1, 0.15) is 23.7 Å². The van der Waals surface area contributed by atoms with Crippen LogP contribution in [0.15, 0.2) is 48.5 Å². The van der Waals surface area contributed by atoms with Crippen LogP contribution in [0.25, 0.3) is 0 Å². The van der Waals surface area contributed by atoms with Crippen molar-refractivity contribution in [3.05, 3.63) is 59.7 Å². The highest BCUT2D eigenvalue weighted by Gasteiger charge is 2.31. The van der Waals surface area contributed by atoms with E-state index in [2.05, 4.69) is 6.92 Å². The lowest BCUT2D eigenvalue weighted by molar-refractivity contribution is 0.0470. The van der Waals surface area contributed by atoms with Crippen molar-refractivity contribution in [1.29, 1.82) is 0 Å². The number of ether oxygens (including phenoxy) is 2. The summed E-state index contributed by atoms with van der Waals surface area (Å²) < 4.78 is 11.6. The number of para-hydroxylation sites is 2. The Morgan fingerprint density at radius 2 is 1.95 bits per heavy atom. The summed E-state index contributed by atoms with van der Waals surface area (Å²) in [6.07, 6.45) is 0.717. The normalized spacial score (nSPS) is 17.9. The van der Waals surface area contributed by atoms with Crippen LogP contribution in [-0.4, -0.2) is 17.8 Å². The molecule has 0 spiro atoms. The first-order valence-electron chi connectivity index (χ1n) is 7.44. The molecule has 2 aromatic carbocycles. The molecule has 1 heterocycles.